The molecular formula is C21H44N2. The van der Waals surface area contributed by atoms with Gasteiger partial charge in [0.25, 0.3) is 0 Å². The number of nitrogens with zero attached hydrogens (tertiary/aromatic N) is 1. The third kappa shape index (κ3) is 6.05. The van der Waals surface area contributed by atoms with Gasteiger partial charge in [-0.2, -0.15) is 0 Å². The minimum Gasteiger partial charge on any atom is -0.324 e. The predicted molar refractivity (Wildman–Crippen MR) is 104 cm³/mol. The molecule has 0 amide bonds. The molecule has 0 bridgehead atoms. The van der Waals surface area contributed by atoms with Crippen molar-refractivity contribution in [1.82, 2.24) is 4.90 Å². The van der Waals surface area contributed by atoms with E-state index in [9.17, 15) is 0 Å². The Balaban J connectivity index is 3.18. The van der Waals surface area contributed by atoms with E-state index in [1.54, 1.807) is 0 Å². The van der Waals surface area contributed by atoms with E-state index >= 15 is 0 Å². The fraction of sp³-hybridized carbons (Fsp3) is 1.00. The second-order valence-corrected chi connectivity index (χ2v) is 10.1. The average Bonchev–Trinajstić information content (AvgIpc) is 2.35. The third-order valence-corrected chi connectivity index (χ3v) is 6.11. The van der Waals surface area contributed by atoms with Crippen LogP contribution in [0.1, 0.15) is 87.0 Å². The van der Waals surface area contributed by atoms with Gasteiger partial charge in [-0.15, -0.1) is 0 Å². The van der Waals surface area contributed by atoms with Gasteiger partial charge in [0.15, 0.2) is 0 Å². The summed E-state index contributed by atoms with van der Waals surface area (Å²) >= 11 is 0. The van der Waals surface area contributed by atoms with Crippen molar-refractivity contribution in [2.24, 2.45) is 28.4 Å². The Labute approximate surface area is 146 Å². The Morgan fingerprint density at radius 2 is 1.57 bits per heavy atom. The second-order valence-electron chi connectivity index (χ2n) is 10.1. The summed E-state index contributed by atoms with van der Waals surface area (Å²) in [5.41, 5.74) is 7.51. The Bertz CT molecular complexity index is 353. The van der Waals surface area contributed by atoms with Gasteiger partial charge < -0.3 is 10.6 Å². The molecular weight excluding hydrogens is 280 g/mol. The van der Waals surface area contributed by atoms with Crippen LogP contribution in [0.2, 0.25) is 0 Å². The monoisotopic (exact) mass is 324 g/mol. The fourth-order valence-electron chi connectivity index (χ4n) is 5.82. The largest absolute Gasteiger partial charge is 0.324 e. The zero-order chi connectivity index (χ0) is 17.9. The molecule has 0 aliphatic carbocycles. The van der Waals surface area contributed by atoms with E-state index in [1.165, 1.54) is 32.1 Å². The topological polar surface area (TPSA) is 29.3 Å². The molecule has 23 heavy (non-hydrogen) atoms. The van der Waals surface area contributed by atoms with Crippen molar-refractivity contribution in [1.29, 1.82) is 0 Å². The molecule has 0 aromatic heterocycles. The molecule has 0 saturated carbocycles. The first kappa shape index (κ1) is 21.0. The van der Waals surface area contributed by atoms with Crippen molar-refractivity contribution in [3.05, 3.63) is 0 Å². The third-order valence-electron chi connectivity index (χ3n) is 6.11. The average molecular weight is 325 g/mol. The lowest BCUT2D eigenvalue weighted by molar-refractivity contribution is 0.0589. The summed E-state index contributed by atoms with van der Waals surface area (Å²) in [6, 6.07) is 0. The molecule has 1 aliphatic rings. The Morgan fingerprint density at radius 3 is 2.04 bits per heavy atom. The van der Waals surface area contributed by atoms with E-state index in [0.717, 1.165) is 31.3 Å². The lowest BCUT2D eigenvalue weighted by Gasteiger charge is -2.45. The molecule has 1 saturated heterocycles. The maximum absolute atomic E-state index is 6.80. The minimum absolute atomic E-state index is 0.0865. The van der Waals surface area contributed by atoms with Crippen LogP contribution in [0.5, 0.6) is 0 Å². The zero-order valence-electron chi connectivity index (χ0n) is 17.3. The molecule has 0 aromatic rings. The quantitative estimate of drug-likeness (QED) is 0.742. The van der Waals surface area contributed by atoms with Crippen molar-refractivity contribution in [3.63, 3.8) is 0 Å². The van der Waals surface area contributed by atoms with Crippen LogP contribution in [0.4, 0.5) is 0 Å². The van der Waals surface area contributed by atoms with Gasteiger partial charge in [-0.25, -0.2) is 0 Å². The normalized spacial score (nSPS) is 33.8. The summed E-state index contributed by atoms with van der Waals surface area (Å²) in [4.78, 5) is 2.46. The van der Waals surface area contributed by atoms with Gasteiger partial charge in [0.1, 0.15) is 0 Å². The standard InChI is InChI=1S/C21H44N2/c1-9-11-20(6,12-10-2)18-14-21(7,22)16-23(8)15-19(4,5)13-17(18)3/h17-18H,9-16,22H2,1-8H3. The van der Waals surface area contributed by atoms with Gasteiger partial charge in [-0.05, 0) is 62.3 Å². The molecule has 3 atom stereocenters. The highest BCUT2D eigenvalue weighted by atomic mass is 15.1. The Kier molecular flexibility index (Phi) is 7.17. The zero-order valence-corrected chi connectivity index (χ0v) is 17.3. The molecule has 138 valence electrons. The van der Waals surface area contributed by atoms with Crippen molar-refractivity contribution in [3.8, 4) is 0 Å². The van der Waals surface area contributed by atoms with Gasteiger partial charge >= 0.3 is 0 Å². The number of rotatable bonds is 5. The van der Waals surface area contributed by atoms with Crippen LogP contribution in [0, 0.1) is 22.7 Å². The molecule has 1 heterocycles. The summed E-state index contributed by atoms with van der Waals surface area (Å²) in [5.74, 6) is 1.46. The number of hydrogen-bond acceptors (Lipinski definition) is 2. The van der Waals surface area contributed by atoms with Crippen molar-refractivity contribution in [2.75, 3.05) is 20.1 Å². The van der Waals surface area contributed by atoms with E-state index < -0.39 is 0 Å². The van der Waals surface area contributed by atoms with Crippen LogP contribution in [0.15, 0.2) is 0 Å². The highest BCUT2D eigenvalue weighted by Gasteiger charge is 2.42. The maximum atomic E-state index is 6.80. The first-order valence-electron chi connectivity index (χ1n) is 9.92. The van der Waals surface area contributed by atoms with E-state index in [-0.39, 0.29) is 5.54 Å². The van der Waals surface area contributed by atoms with E-state index in [1.807, 2.05) is 0 Å². The van der Waals surface area contributed by atoms with Crippen LogP contribution in [0.25, 0.3) is 0 Å². The van der Waals surface area contributed by atoms with Crippen LogP contribution in [0.3, 0.4) is 0 Å². The predicted octanol–water partition coefficient (Wildman–Crippen LogP) is 5.31. The number of nitrogens with two attached hydrogens (primary N) is 1. The molecule has 2 heteroatoms. The summed E-state index contributed by atoms with van der Waals surface area (Å²) in [7, 11) is 2.25. The van der Waals surface area contributed by atoms with Gasteiger partial charge in [-0.1, -0.05) is 54.4 Å². The molecule has 0 aromatic carbocycles. The SMILES string of the molecule is CCCC(C)(CCC)C1CC(C)(N)CN(C)CC(C)(C)CC1C. The van der Waals surface area contributed by atoms with E-state index in [0.29, 0.717) is 10.8 Å². The number of likely N-dealkylation sites (N-methyl/N-ethyl adjacent to an activating group) is 1. The maximum Gasteiger partial charge on any atom is 0.0257 e. The highest BCUT2D eigenvalue weighted by molar-refractivity contribution is 4.96. The lowest BCUT2D eigenvalue weighted by Crippen LogP contribution is -2.50. The summed E-state index contributed by atoms with van der Waals surface area (Å²) in [6.45, 7) is 19.0. The molecule has 0 radical (unpaired) electrons. The molecule has 1 rings (SSSR count). The second kappa shape index (κ2) is 7.87. The highest BCUT2D eigenvalue weighted by Crippen LogP contribution is 2.48. The smallest absolute Gasteiger partial charge is 0.0257 e. The van der Waals surface area contributed by atoms with Gasteiger partial charge in [0, 0.05) is 18.6 Å². The molecule has 2 N–H and O–H groups in total. The van der Waals surface area contributed by atoms with Gasteiger partial charge in [-0.3, -0.25) is 0 Å². The summed E-state index contributed by atoms with van der Waals surface area (Å²) < 4.78 is 0. The van der Waals surface area contributed by atoms with Crippen molar-refractivity contribution in [2.45, 2.75) is 92.5 Å². The number of hydrogen-bond donors (Lipinski definition) is 1. The first-order valence-corrected chi connectivity index (χ1v) is 9.92. The van der Waals surface area contributed by atoms with Crippen molar-refractivity contribution < 1.29 is 0 Å². The van der Waals surface area contributed by atoms with E-state index in [2.05, 4.69) is 60.4 Å². The van der Waals surface area contributed by atoms with Crippen LogP contribution < -0.4 is 5.73 Å². The molecule has 1 fully saturated rings. The molecule has 1 aliphatic heterocycles. The molecule has 0 spiro atoms. The molecule has 3 unspecified atom stereocenters. The van der Waals surface area contributed by atoms with Crippen LogP contribution in [-0.2, 0) is 0 Å². The minimum atomic E-state index is -0.0865. The summed E-state index contributed by atoms with van der Waals surface area (Å²) in [5, 5.41) is 0. The Morgan fingerprint density at radius 1 is 1.04 bits per heavy atom. The van der Waals surface area contributed by atoms with E-state index in [4.69, 9.17) is 5.73 Å². The molecule has 2 nitrogen and oxygen atoms in total. The Hall–Kier alpha value is -0.0800. The fourth-order valence-corrected chi connectivity index (χ4v) is 5.82. The van der Waals surface area contributed by atoms with Gasteiger partial charge in [0.2, 0.25) is 0 Å². The van der Waals surface area contributed by atoms with Crippen molar-refractivity contribution >= 4 is 0 Å². The van der Waals surface area contributed by atoms with Gasteiger partial charge in [0.05, 0.1) is 0 Å². The lowest BCUT2D eigenvalue weighted by atomic mass is 9.61. The summed E-state index contributed by atoms with van der Waals surface area (Å²) in [6.07, 6.45) is 7.70. The van der Waals surface area contributed by atoms with Crippen LogP contribution >= 0.6 is 0 Å². The first-order chi connectivity index (χ1) is 10.4. The van der Waals surface area contributed by atoms with Crippen LogP contribution in [-0.4, -0.2) is 30.6 Å².